The van der Waals surface area contributed by atoms with Crippen molar-refractivity contribution in [3.63, 3.8) is 0 Å². The van der Waals surface area contributed by atoms with E-state index in [2.05, 4.69) is 10.0 Å². The van der Waals surface area contributed by atoms with E-state index in [0.29, 0.717) is 6.42 Å². The third-order valence-corrected chi connectivity index (χ3v) is 5.14. The van der Waals surface area contributed by atoms with Crippen LogP contribution in [0.15, 0.2) is 29.2 Å². The predicted octanol–water partition coefficient (Wildman–Crippen LogP) is 2.60. The fourth-order valence-corrected chi connectivity index (χ4v) is 3.31. The first-order chi connectivity index (χ1) is 10.7. The molecule has 0 aliphatic carbocycles. The van der Waals surface area contributed by atoms with Crippen LogP contribution in [0.4, 0.5) is 0 Å². The van der Waals surface area contributed by atoms with E-state index in [-0.39, 0.29) is 22.8 Å². The van der Waals surface area contributed by atoms with E-state index in [1.165, 1.54) is 0 Å². The molecular formula is C17H28N2O3S. The minimum atomic E-state index is -3.72. The molecule has 0 heterocycles. The van der Waals surface area contributed by atoms with Crippen molar-refractivity contribution >= 4 is 15.9 Å². The summed E-state index contributed by atoms with van der Waals surface area (Å²) in [6.45, 7) is 9.69. The van der Waals surface area contributed by atoms with Crippen LogP contribution in [0, 0.1) is 12.8 Å². The van der Waals surface area contributed by atoms with E-state index in [4.69, 9.17) is 0 Å². The minimum absolute atomic E-state index is 0.0149. The molecule has 0 aromatic heterocycles. The average molecular weight is 340 g/mol. The Labute approximate surface area is 139 Å². The van der Waals surface area contributed by atoms with Gasteiger partial charge in [0.1, 0.15) is 6.04 Å². The summed E-state index contributed by atoms with van der Waals surface area (Å²) >= 11 is 0. The molecule has 2 unspecified atom stereocenters. The second-order valence-electron chi connectivity index (χ2n) is 6.43. The smallest absolute Gasteiger partial charge is 0.241 e. The molecule has 0 aliphatic rings. The van der Waals surface area contributed by atoms with Crippen LogP contribution in [0.25, 0.3) is 0 Å². The number of hydrogen-bond donors (Lipinski definition) is 2. The first-order valence-electron chi connectivity index (χ1n) is 8.05. The van der Waals surface area contributed by atoms with E-state index in [0.717, 1.165) is 12.0 Å². The maximum absolute atomic E-state index is 12.5. The first-order valence-corrected chi connectivity index (χ1v) is 9.53. The lowest BCUT2D eigenvalue weighted by molar-refractivity contribution is -0.123. The summed E-state index contributed by atoms with van der Waals surface area (Å²) in [4.78, 5) is 12.5. The molecule has 130 valence electrons. The van der Waals surface area contributed by atoms with Crippen LogP contribution >= 0.6 is 0 Å². The standard InChI is InChI=1S/C17H28N2O3S/c1-6-14(5)18-17(20)16(11-12(2)3)19-23(21,22)15-9-7-13(4)8-10-15/h7-10,12,14,16,19H,6,11H2,1-5H3,(H,18,20). The molecule has 23 heavy (non-hydrogen) atoms. The number of aryl methyl sites for hydroxylation is 1. The lowest BCUT2D eigenvalue weighted by atomic mass is 10.0. The molecule has 0 saturated carbocycles. The van der Waals surface area contributed by atoms with Crippen LogP contribution < -0.4 is 10.0 Å². The first kappa shape index (κ1) is 19.6. The van der Waals surface area contributed by atoms with E-state index >= 15 is 0 Å². The van der Waals surface area contributed by atoms with Crippen LogP contribution in [0.1, 0.15) is 46.1 Å². The van der Waals surface area contributed by atoms with Crippen molar-refractivity contribution in [2.45, 2.75) is 64.4 Å². The average Bonchev–Trinajstić information content (AvgIpc) is 2.46. The Morgan fingerprint density at radius 2 is 1.70 bits per heavy atom. The summed E-state index contributed by atoms with van der Waals surface area (Å²) in [5, 5.41) is 2.85. The highest BCUT2D eigenvalue weighted by Gasteiger charge is 2.27. The van der Waals surface area contributed by atoms with Gasteiger partial charge in [-0.05, 0) is 44.7 Å². The van der Waals surface area contributed by atoms with Gasteiger partial charge in [0.15, 0.2) is 0 Å². The van der Waals surface area contributed by atoms with E-state index < -0.39 is 16.1 Å². The largest absolute Gasteiger partial charge is 0.352 e. The lowest BCUT2D eigenvalue weighted by Crippen LogP contribution is -2.49. The minimum Gasteiger partial charge on any atom is -0.352 e. The Kier molecular flexibility index (Phi) is 7.22. The number of rotatable bonds is 8. The topological polar surface area (TPSA) is 75.3 Å². The normalized spacial score (nSPS) is 14.5. The van der Waals surface area contributed by atoms with Crippen molar-refractivity contribution in [1.82, 2.24) is 10.0 Å². The molecule has 1 rings (SSSR count). The maximum atomic E-state index is 12.5. The molecule has 0 saturated heterocycles. The molecule has 0 bridgehead atoms. The monoisotopic (exact) mass is 340 g/mol. The Hall–Kier alpha value is -1.40. The van der Waals surface area contributed by atoms with Gasteiger partial charge in [0.05, 0.1) is 4.90 Å². The molecule has 5 nitrogen and oxygen atoms in total. The van der Waals surface area contributed by atoms with E-state index in [1.807, 2.05) is 34.6 Å². The van der Waals surface area contributed by atoms with Crippen molar-refractivity contribution in [3.05, 3.63) is 29.8 Å². The number of hydrogen-bond acceptors (Lipinski definition) is 3. The number of sulfonamides is 1. The maximum Gasteiger partial charge on any atom is 0.241 e. The molecule has 1 aromatic carbocycles. The highest BCUT2D eigenvalue weighted by Crippen LogP contribution is 2.13. The third kappa shape index (κ3) is 6.31. The van der Waals surface area contributed by atoms with Crippen LogP contribution in [-0.2, 0) is 14.8 Å². The van der Waals surface area contributed by atoms with Crippen molar-refractivity contribution in [2.75, 3.05) is 0 Å². The van der Waals surface area contributed by atoms with Gasteiger partial charge in [-0.25, -0.2) is 8.42 Å². The van der Waals surface area contributed by atoms with Gasteiger partial charge < -0.3 is 5.32 Å². The summed E-state index contributed by atoms with van der Waals surface area (Å²) in [7, 11) is -3.72. The Balaban J connectivity index is 2.95. The van der Waals surface area contributed by atoms with Gasteiger partial charge in [0, 0.05) is 6.04 Å². The molecule has 1 amide bonds. The summed E-state index contributed by atoms with van der Waals surface area (Å²) < 4.78 is 27.6. The van der Waals surface area contributed by atoms with Gasteiger partial charge in [-0.3, -0.25) is 4.79 Å². The Bertz CT molecular complexity index is 609. The molecule has 0 fully saturated rings. The quantitative estimate of drug-likeness (QED) is 0.764. The molecule has 1 aromatic rings. The third-order valence-electron chi connectivity index (χ3n) is 3.65. The SMILES string of the molecule is CCC(C)NC(=O)C(CC(C)C)NS(=O)(=O)c1ccc(C)cc1. The van der Waals surface area contributed by atoms with E-state index in [1.54, 1.807) is 24.3 Å². The van der Waals surface area contributed by atoms with Crippen LogP contribution in [0.2, 0.25) is 0 Å². The lowest BCUT2D eigenvalue weighted by Gasteiger charge is -2.22. The van der Waals surface area contributed by atoms with Crippen LogP contribution in [0.5, 0.6) is 0 Å². The summed E-state index contributed by atoms with van der Waals surface area (Å²) in [6, 6.07) is 5.83. The molecule has 2 N–H and O–H groups in total. The molecule has 0 aliphatic heterocycles. The molecule has 0 spiro atoms. The van der Waals surface area contributed by atoms with Crippen molar-refractivity contribution in [1.29, 1.82) is 0 Å². The molecule has 2 atom stereocenters. The second-order valence-corrected chi connectivity index (χ2v) is 8.15. The summed E-state index contributed by atoms with van der Waals surface area (Å²) in [5.74, 6) is -0.0767. The zero-order valence-corrected chi connectivity index (χ0v) is 15.4. The predicted molar refractivity (Wildman–Crippen MR) is 92.6 cm³/mol. The number of nitrogens with one attached hydrogen (secondary N) is 2. The number of carbonyl (C=O) groups is 1. The Morgan fingerprint density at radius 1 is 1.13 bits per heavy atom. The zero-order chi connectivity index (χ0) is 17.6. The summed E-state index contributed by atoms with van der Waals surface area (Å²) in [6.07, 6.45) is 1.25. The highest BCUT2D eigenvalue weighted by atomic mass is 32.2. The van der Waals surface area contributed by atoms with Crippen LogP contribution in [-0.4, -0.2) is 26.4 Å². The van der Waals surface area contributed by atoms with Crippen molar-refractivity contribution < 1.29 is 13.2 Å². The number of carbonyl (C=O) groups excluding carboxylic acids is 1. The summed E-state index contributed by atoms with van der Waals surface area (Å²) in [5.41, 5.74) is 0.984. The van der Waals surface area contributed by atoms with Gasteiger partial charge in [0.25, 0.3) is 0 Å². The fraction of sp³-hybridized carbons (Fsp3) is 0.588. The van der Waals surface area contributed by atoms with Gasteiger partial charge >= 0.3 is 0 Å². The zero-order valence-electron chi connectivity index (χ0n) is 14.6. The van der Waals surface area contributed by atoms with Gasteiger partial charge in [-0.15, -0.1) is 0 Å². The molecule has 0 radical (unpaired) electrons. The molecule has 6 heteroatoms. The van der Waals surface area contributed by atoms with Crippen molar-refractivity contribution in [3.8, 4) is 0 Å². The van der Waals surface area contributed by atoms with Crippen molar-refractivity contribution in [2.24, 2.45) is 5.92 Å². The highest BCUT2D eigenvalue weighted by molar-refractivity contribution is 7.89. The number of amides is 1. The van der Waals surface area contributed by atoms with Gasteiger partial charge in [-0.1, -0.05) is 38.5 Å². The van der Waals surface area contributed by atoms with E-state index in [9.17, 15) is 13.2 Å². The Morgan fingerprint density at radius 3 is 2.17 bits per heavy atom. The van der Waals surface area contributed by atoms with Gasteiger partial charge in [-0.2, -0.15) is 4.72 Å². The van der Waals surface area contributed by atoms with Crippen LogP contribution in [0.3, 0.4) is 0 Å². The second kappa shape index (κ2) is 8.45. The number of benzene rings is 1. The molecular weight excluding hydrogens is 312 g/mol. The van der Waals surface area contributed by atoms with Gasteiger partial charge in [0.2, 0.25) is 15.9 Å². The fourth-order valence-electron chi connectivity index (χ4n) is 2.10.